The van der Waals surface area contributed by atoms with Crippen molar-refractivity contribution in [1.29, 1.82) is 5.26 Å². The molecule has 0 fully saturated rings. The van der Waals surface area contributed by atoms with Crippen LogP contribution in [0.15, 0.2) is 63.8 Å². The van der Waals surface area contributed by atoms with Gasteiger partial charge >= 0.3 is 5.97 Å². The summed E-state index contributed by atoms with van der Waals surface area (Å²) in [4.78, 5) is 25.9. The lowest BCUT2D eigenvalue weighted by atomic mass is 10.0. The Morgan fingerprint density at radius 3 is 2.64 bits per heavy atom. The quantitative estimate of drug-likeness (QED) is 0.180. The first-order chi connectivity index (χ1) is 18.7. The van der Waals surface area contributed by atoms with Gasteiger partial charge in [-0.2, -0.15) is 10.4 Å². The Kier molecular flexibility index (Phi) is 8.72. The molecule has 8 nitrogen and oxygen atoms in total. The highest BCUT2D eigenvalue weighted by Crippen LogP contribution is 2.33. The molecule has 0 saturated heterocycles. The number of benzene rings is 1. The van der Waals surface area contributed by atoms with Gasteiger partial charge in [-0.3, -0.25) is 4.79 Å². The van der Waals surface area contributed by atoms with Crippen LogP contribution in [0.1, 0.15) is 61.0 Å². The summed E-state index contributed by atoms with van der Waals surface area (Å²) < 4.78 is 13.0. The van der Waals surface area contributed by atoms with Gasteiger partial charge in [-0.1, -0.05) is 37.6 Å². The van der Waals surface area contributed by atoms with Crippen LogP contribution in [0, 0.1) is 31.1 Å². The molecular weight excluding hydrogens is 516 g/mol. The normalized spacial score (nSPS) is 15.4. The zero-order valence-corrected chi connectivity index (χ0v) is 23.2. The van der Waals surface area contributed by atoms with Crippen molar-refractivity contribution >= 4 is 35.3 Å². The minimum Gasteiger partial charge on any atom is -0.467 e. The van der Waals surface area contributed by atoms with Gasteiger partial charge in [0.2, 0.25) is 0 Å². The van der Waals surface area contributed by atoms with Crippen LogP contribution < -0.4 is 0 Å². The van der Waals surface area contributed by atoms with Crippen LogP contribution in [-0.2, 0) is 20.9 Å². The number of esters is 1. The highest BCUT2D eigenvalue weighted by Gasteiger charge is 2.35. The molecule has 1 aliphatic heterocycles. The van der Waals surface area contributed by atoms with Crippen LogP contribution in [0.4, 0.5) is 0 Å². The Morgan fingerprint density at radius 1 is 1.26 bits per heavy atom. The lowest BCUT2D eigenvalue weighted by molar-refractivity contribution is -0.149. The Hall–Kier alpha value is -4.09. The van der Waals surface area contributed by atoms with E-state index in [-0.39, 0.29) is 5.57 Å². The van der Waals surface area contributed by atoms with Crippen LogP contribution in [-0.4, -0.2) is 33.8 Å². The number of carbonyl (C=O) groups excluding carboxylic acids is 2. The van der Waals surface area contributed by atoms with Crippen molar-refractivity contribution in [3.8, 4) is 6.07 Å². The minimum absolute atomic E-state index is 0.179. The molecule has 0 spiro atoms. The first kappa shape index (κ1) is 27.9. The summed E-state index contributed by atoms with van der Waals surface area (Å²) in [6, 6.07) is 14.0. The van der Waals surface area contributed by atoms with Gasteiger partial charge in [0.15, 0.2) is 6.61 Å². The zero-order valence-electron chi connectivity index (χ0n) is 22.5. The fraction of sp³-hybridized carbons (Fsp3) is 0.333. The Balaban J connectivity index is 1.48. The number of hydrazone groups is 1. The van der Waals surface area contributed by atoms with E-state index >= 15 is 0 Å². The number of amides is 1. The average Bonchev–Trinajstić information content (AvgIpc) is 3.65. The lowest BCUT2D eigenvalue weighted by Gasteiger charge is -2.19. The number of furan rings is 1. The molecule has 0 aliphatic carbocycles. The first-order valence-electron chi connectivity index (χ1n) is 12.8. The number of ether oxygens (including phenoxy) is 1. The van der Waals surface area contributed by atoms with E-state index in [4.69, 9.17) is 20.8 Å². The van der Waals surface area contributed by atoms with E-state index < -0.39 is 24.5 Å². The first-order valence-corrected chi connectivity index (χ1v) is 13.2. The fourth-order valence-corrected chi connectivity index (χ4v) is 4.65. The molecule has 1 aliphatic rings. The maximum absolute atomic E-state index is 13.2. The molecule has 4 rings (SSSR count). The molecule has 0 N–H and O–H groups in total. The molecule has 1 atom stereocenters. The van der Waals surface area contributed by atoms with Crippen molar-refractivity contribution in [2.45, 2.75) is 53.1 Å². The van der Waals surface area contributed by atoms with Gasteiger partial charge < -0.3 is 13.7 Å². The van der Waals surface area contributed by atoms with E-state index in [1.165, 1.54) is 17.3 Å². The van der Waals surface area contributed by atoms with Crippen molar-refractivity contribution in [1.82, 2.24) is 9.58 Å². The summed E-state index contributed by atoms with van der Waals surface area (Å²) in [7, 11) is 0. The fourth-order valence-electron chi connectivity index (χ4n) is 4.53. The van der Waals surface area contributed by atoms with E-state index in [0.29, 0.717) is 28.8 Å². The van der Waals surface area contributed by atoms with Crippen LogP contribution in [0.2, 0.25) is 5.02 Å². The van der Waals surface area contributed by atoms with Gasteiger partial charge in [-0.25, -0.2) is 9.80 Å². The smallest absolute Gasteiger partial charge is 0.349 e. The SMILES string of the molecule is Cc1cc(/C=C(\C#N)C(=O)OCC(=O)N2N=C(c3ccc(Cl)cc3)C[C@H]2c2ccco2)c(C)n1CCC(C)C. The number of aromatic nitrogens is 1. The van der Waals surface area contributed by atoms with Gasteiger partial charge in [0.1, 0.15) is 23.4 Å². The van der Waals surface area contributed by atoms with E-state index in [2.05, 4.69) is 23.5 Å². The molecule has 0 bridgehead atoms. The molecule has 3 heterocycles. The van der Waals surface area contributed by atoms with Crippen molar-refractivity contribution in [2.24, 2.45) is 11.0 Å². The van der Waals surface area contributed by atoms with Crippen molar-refractivity contribution in [3.63, 3.8) is 0 Å². The van der Waals surface area contributed by atoms with Crippen LogP contribution in [0.3, 0.4) is 0 Å². The molecular formula is C30H31ClN4O4. The minimum atomic E-state index is -0.867. The van der Waals surface area contributed by atoms with E-state index in [9.17, 15) is 14.9 Å². The Morgan fingerprint density at radius 2 is 2.00 bits per heavy atom. The van der Waals surface area contributed by atoms with Crippen LogP contribution in [0.5, 0.6) is 0 Å². The Bertz CT molecular complexity index is 1440. The van der Waals surface area contributed by atoms with Gasteiger partial charge in [0.05, 0.1) is 12.0 Å². The van der Waals surface area contributed by atoms with Gasteiger partial charge in [0, 0.05) is 29.4 Å². The van der Waals surface area contributed by atoms with Gasteiger partial charge in [-0.05, 0) is 73.7 Å². The van der Waals surface area contributed by atoms with Crippen LogP contribution in [0.25, 0.3) is 6.08 Å². The predicted molar refractivity (Wildman–Crippen MR) is 149 cm³/mol. The number of halogens is 1. The van der Waals surface area contributed by atoms with E-state index in [1.54, 1.807) is 24.3 Å². The highest BCUT2D eigenvalue weighted by atomic mass is 35.5. The van der Waals surface area contributed by atoms with Gasteiger partial charge in [0.25, 0.3) is 5.91 Å². The number of aryl methyl sites for hydroxylation is 1. The number of rotatable bonds is 9. The summed E-state index contributed by atoms with van der Waals surface area (Å²) in [6.07, 6.45) is 4.48. The number of nitrogens with zero attached hydrogens (tertiary/aromatic N) is 4. The highest BCUT2D eigenvalue weighted by molar-refractivity contribution is 6.30. The second-order valence-corrected chi connectivity index (χ2v) is 10.4. The third kappa shape index (κ3) is 6.50. The molecule has 9 heteroatoms. The molecule has 3 aromatic rings. The lowest BCUT2D eigenvalue weighted by Crippen LogP contribution is -2.31. The third-order valence-corrected chi connectivity index (χ3v) is 6.98. The average molecular weight is 547 g/mol. The van der Waals surface area contributed by atoms with Crippen LogP contribution >= 0.6 is 11.6 Å². The summed E-state index contributed by atoms with van der Waals surface area (Å²) in [5, 5.41) is 16.0. The second kappa shape index (κ2) is 12.2. The largest absolute Gasteiger partial charge is 0.467 e. The zero-order chi connectivity index (χ0) is 28.1. The third-order valence-electron chi connectivity index (χ3n) is 6.72. The maximum atomic E-state index is 13.2. The molecule has 2 aromatic heterocycles. The number of nitriles is 1. The molecule has 1 aromatic carbocycles. The standard InChI is InChI=1S/C30H31ClN4O4/c1-19(2)11-12-34-20(3)14-23(21(34)4)15-24(17-32)30(37)39-18-29(36)35-27(28-6-5-13-38-28)16-26(33-35)22-7-9-25(31)10-8-22/h5-10,13-15,19,27H,11-12,16,18H2,1-4H3/b24-15+/t27-/m0/s1. The molecule has 1 amide bonds. The van der Waals surface area contributed by atoms with Crippen molar-refractivity contribution in [3.05, 3.63) is 87.6 Å². The summed E-state index contributed by atoms with van der Waals surface area (Å²) in [5.41, 5.74) is 4.11. The number of hydrogen-bond donors (Lipinski definition) is 0. The molecule has 39 heavy (non-hydrogen) atoms. The summed E-state index contributed by atoms with van der Waals surface area (Å²) >= 11 is 6.01. The maximum Gasteiger partial charge on any atom is 0.349 e. The Labute approximate surface area is 233 Å². The van der Waals surface area contributed by atoms with Crippen molar-refractivity contribution in [2.75, 3.05) is 6.61 Å². The summed E-state index contributed by atoms with van der Waals surface area (Å²) in [5.74, 6) is -0.277. The molecule has 0 radical (unpaired) electrons. The molecule has 202 valence electrons. The van der Waals surface area contributed by atoms with Gasteiger partial charge in [-0.15, -0.1) is 0 Å². The number of carbonyl (C=O) groups is 2. The van der Waals surface area contributed by atoms with E-state index in [0.717, 1.165) is 35.5 Å². The van der Waals surface area contributed by atoms with Crippen molar-refractivity contribution < 1.29 is 18.7 Å². The second-order valence-electron chi connectivity index (χ2n) is 9.93. The number of hydrogen-bond acceptors (Lipinski definition) is 6. The molecule has 0 unspecified atom stereocenters. The van der Waals surface area contributed by atoms with E-state index in [1.807, 2.05) is 38.1 Å². The topological polar surface area (TPSA) is 101 Å². The monoisotopic (exact) mass is 546 g/mol. The predicted octanol–water partition coefficient (Wildman–Crippen LogP) is 6.23. The summed E-state index contributed by atoms with van der Waals surface area (Å²) in [6.45, 7) is 8.58. The molecule has 0 saturated carbocycles.